The molecule has 9 heteroatoms. The minimum atomic E-state index is -3.53. The fourth-order valence-electron chi connectivity index (χ4n) is 3.74. The normalized spacial score (nSPS) is 14.0. The molecule has 1 fully saturated rings. The van der Waals surface area contributed by atoms with Gasteiger partial charge in [-0.25, -0.2) is 8.42 Å². The molecule has 1 aliphatic heterocycles. The third-order valence-corrected chi connectivity index (χ3v) is 6.92. The van der Waals surface area contributed by atoms with Crippen molar-refractivity contribution in [2.75, 3.05) is 47.1 Å². The maximum Gasteiger partial charge on any atom is 0.255 e. The number of carbonyl (C=O) groups is 1. The molecule has 0 unspecified atom stereocenters. The Bertz CT molecular complexity index is 1240. The molecule has 7 nitrogen and oxygen atoms in total. The van der Waals surface area contributed by atoms with Crippen LogP contribution in [-0.2, 0) is 21.3 Å². The first-order chi connectivity index (χ1) is 16.3. The number of benzene rings is 3. The number of nitrogens with one attached hydrogen (secondary N) is 1. The Labute approximate surface area is 205 Å². The van der Waals surface area contributed by atoms with Crippen LogP contribution in [-0.4, -0.2) is 46.9 Å². The largest absolute Gasteiger partial charge is 0.378 e. The van der Waals surface area contributed by atoms with E-state index in [0.29, 0.717) is 22.0 Å². The molecule has 1 aliphatic rings. The molecule has 0 atom stereocenters. The van der Waals surface area contributed by atoms with Gasteiger partial charge < -0.3 is 15.0 Å². The highest BCUT2D eigenvalue weighted by Gasteiger charge is 2.18. The second-order valence-corrected chi connectivity index (χ2v) is 10.4. The van der Waals surface area contributed by atoms with Gasteiger partial charge in [-0.05, 0) is 60.2 Å². The predicted octanol–water partition coefficient (Wildman–Crippen LogP) is 4.40. The maximum atomic E-state index is 12.7. The van der Waals surface area contributed by atoms with Crippen molar-refractivity contribution in [1.82, 2.24) is 0 Å². The summed E-state index contributed by atoms with van der Waals surface area (Å²) in [5.41, 5.74) is 3.51. The van der Waals surface area contributed by atoms with Gasteiger partial charge in [0.15, 0.2) is 0 Å². The van der Waals surface area contributed by atoms with E-state index in [1.807, 2.05) is 24.3 Å². The lowest BCUT2D eigenvalue weighted by molar-refractivity contribution is 0.102. The number of hydrogen-bond acceptors (Lipinski definition) is 5. The smallest absolute Gasteiger partial charge is 0.255 e. The van der Waals surface area contributed by atoms with Crippen LogP contribution in [0.1, 0.15) is 15.9 Å². The van der Waals surface area contributed by atoms with Gasteiger partial charge in [-0.3, -0.25) is 9.10 Å². The van der Waals surface area contributed by atoms with Crippen molar-refractivity contribution in [2.24, 2.45) is 0 Å². The van der Waals surface area contributed by atoms with E-state index in [1.54, 1.807) is 48.5 Å². The van der Waals surface area contributed by atoms with Crippen LogP contribution in [0.25, 0.3) is 0 Å². The molecule has 0 saturated carbocycles. The molecule has 1 saturated heterocycles. The van der Waals surface area contributed by atoms with Gasteiger partial charge in [0.2, 0.25) is 10.0 Å². The van der Waals surface area contributed by atoms with E-state index in [9.17, 15) is 13.2 Å². The van der Waals surface area contributed by atoms with Gasteiger partial charge >= 0.3 is 0 Å². The maximum absolute atomic E-state index is 12.7. The number of hydrogen-bond donors (Lipinski definition) is 1. The fraction of sp³-hybridized carbons (Fsp3) is 0.240. The first-order valence-corrected chi connectivity index (χ1v) is 13.1. The molecule has 0 aliphatic carbocycles. The third-order valence-electron chi connectivity index (χ3n) is 5.54. The number of rotatable bonds is 7. The van der Waals surface area contributed by atoms with Crippen LogP contribution < -0.4 is 14.5 Å². The second kappa shape index (κ2) is 10.5. The quantitative estimate of drug-likeness (QED) is 0.521. The fourth-order valence-corrected chi connectivity index (χ4v) is 4.80. The lowest BCUT2D eigenvalue weighted by Gasteiger charge is -2.28. The number of carbonyl (C=O) groups excluding carboxylic acids is 1. The van der Waals surface area contributed by atoms with Crippen LogP contribution in [0.2, 0.25) is 5.02 Å². The van der Waals surface area contributed by atoms with Gasteiger partial charge in [0, 0.05) is 35.1 Å². The van der Waals surface area contributed by atoms with Crippen molar-refractivity contribution in [2.45, 2.75) is 6.54 Å². The van der Waals surface area contributed by atoms with Crippen LogP contribution in [0.5, 0.6) is 0 Å². The van der Waals surface area contributed by atoms with Gasteiger partial charge in [0.25, 0.3) is 5.91 Å². The Kier molecular flexibility index (Phi) is 7.41. The Morgan fingerprint density at radius 1 is 1.03 bits per heavy atom. The SMILES string of the molecule is CS(=O)(=O)N(Cc1ccc(C(=O)Nc2ccc(N3CCOCC3)cc2)cc1)c1cccc(Cl)c1. The van der Waals surface area contributed by atoms with Crippen molar-refractivity contribution in [3.8, 4) is 0 Å². The minimum Gasteiger partial charge on any atom is -0.378 e. The monoisotopic (exact) mass is 499 g/mol. The summed E-state index contributed by atoms with van der Waals surface area (Å²) in [7, 11) is -3.53. The topological polar surface area (TPSA) is 79.0 Å². The van der Waals surface area contributed by atoms with E-state index in [0.717, 1.165) is 43.8 Å². The molecule has 0 spiro atoms. The van der Waals surface area contributed by atoms with Gasteiger partial charge in [-0.2, -0.15) is 0 Å². The molecule has 1 amide bonds. The van der Waals surface area contributed by atoms with Crippen molar-refractivity contribution in [3.05, 3.63) is 88.9 Å². The van der Waals surface area contributed by atoms with Crippen LogP contribution in [0.15, 0.2) is 72.8 Å². The lowest BCUT2D eigenvalue weighted by atomic mass is 10.1. The highest BCUT2D eigenvalue weighted by atomic mass is 35.5. The van der Waals surface area contributed by atoms with Gasteiger partial charge in [-0.15, -0.1) is 0 Å². The molecule has 1 heterocycles. The van der Waals surface area contributed by atoms with E-state index < -0.39 is 10.0 Å². The van der Waals surface area contributed by atoms with Gasteiger partial charge in [-0.1, -0.05) is 29.8 Å². The minimum absolute atomic E-state index is 0.129. The molecule has 3 aromatic carbocycles. The Morgan fingerprint density at radius 2 is 1.71 bits per heavy atom. The number of ether oxygens (including phenoxy) is 1. The zero-order chi connectivity index (χ0) is 24.1. The second-order valence-electron chi connectivity index (χ2n) is 8.05. The zero-order valence-electron chi connectivity index (χ0n) is 18.8. The van der Waals surface area contributed by atoms with Crippen LogP contribution >= 0.6 is 11.6 Å². The van der Waals surface area contributed by atoms with Gasteiger partial charge in [0.1, 0.15) is 0 Å². The predicted molar refractivity (Wildman–Crippen MR) is 136 cm³/mol. The Balaban J connectivity index is 1.42. The number of morpholine rings is 1. The number of sulfonamides is 1. The molecule has 4 rings (SSSR count). The summed E-state index contributed by atoms with van der Waals surface area (Å²) in [4.78, 5) is 14.9. The van der Waals surface area contributed by atoms with Gasteiger partial charge in [0.05, 0.1) is 31.7 Å². The number of amides is 1. The van der Waals surface area contributed by atoms with E-state index in [2.05, 4.69) is 10.2 Å². The first kappa shape index (κ1) is 24.1. The molecular weight excluding hydrogens is 474 g/mol. The standard InChI is InChI=1S/C25H26ClN3O4S/c1-34(31,32)29(24-4-2-3-21(26)17-24)18-19-5-7-20(8-6-19)25(30)27-22-9-11-23(12-10-22)28-13-15-33-16-14-28/h2-12,17H,13-16,18H2,1H3,(H,27,30). The number of halogens is 1. The highest BCUT2D eigenvalue weighted by molar-refractivity contribution is 7.92. The summed E-state index contributed by atoms with van der Waals surface area (Å²) < 4.78 is 31.4. The summed E-state index contributed by atoms with van der Waals surface area (Å²) in [6, 6.07) is 21.3. The molecular formula is C25H26ClN3O4S. The van der Waals surface area contributed by atoms with E-state index in [-0.39, 0.29) is 12.5 Å². The first-order valence-electron chi connectivity index (χ1n) is 10.9. The molecule has 34 heavy (non-hydrogen) atoms. The molecule has 178 valence electrons. The highest BCUT2D eigenvalue weighted by Crippen LogP contribution is 2.24. The van der Waals surface area contributed by atoms with Crippen molar-refractivity contribution >= 4 is 44.6 Å². The lowest BCUT2D eigenvalue weighted by Crippen LogP contribution is -2.36. The van der Waals surface area contributed by atoms with Crippen molar-refractivity contribution in [3.63, 3.8) is 0 Å². The van der Waals surface area contributed by atoms with Crippen LogP contribution in [0, 0.1) is 0 Å². The van der Waals surface area contributed by atoms with Crippen molar-refractivity contribution in [1.29, 1.82) is 0 Å². The summed E-state index contributed by atoms with van der Waals surface area (Å²) >= 11 is 6.04. The summed E-state index contributed by atoms with van der Waals surface area (Å²) in [5, 5.41) is 3.36. The van der Waals surface area contributed by atoms with E-state index in [1.165, 1.54) is 4.31 Å². The van der Waals surface area contributed by atoms with Crippen LogP contribution in [0.4, 0.5) is 17.1 Å². The average Bonchev–Trinajstić information content (AvgIpc) is 2.83. The Hall–Kier alpha value is -3.07. The molecule has 0 aromatic heterocycles. The zero-order valence-corrected chi connectivity index (χ0v) is 20.3. The third kappa shape index (κ3) is 6.08. The average molecular weight is 500 g/mol. The molecule has 3 aromatic rings. The number of nitrogens with zero attached hydrogens (tertiary/aromatic N) is 2. The molecule has 0 bridgehead atoms. The molecule has 1 N–H and O–H groups in total. The number of anilines is 3. The Morgan fingerprint density at radius 3 is 2.32 bits per heavy atom. The summed E-state index contributed by atoms with van der Waals surface area (Å²) in [6.07, 6.45) is 1.15. The summed E-state index contributed by atoms with van der Waals surface area (Å²) in [5.74, 6) is -0.236. The van der Waals surface area contributed by atoms with Crippen LogP contribution in [0.3, 0.4) is 0 Å². The molecule has 0 radical (unpaired) electrons. The van der Waals surface area contributed by atoms with E-state index in [4.69, 9.17) is 16.3 Å². The van der Waals surface area contributed by atoms with E-state index >= 15 is 0 Å². The van der Waals surface area contributed by atoms with Crippen molar-refractivity contribution < 1.29 is 17.9 Å². The summed E-state index contributed by atoms with van der Waals surface area (Å²) in [6.45, 7) is 3.27.